The van der Waals surface area contributed by atoms with E-state index >= 15 is 0 Å². The average Bonchev–Trinajstić information content (AvgIpc) is 3.23. The van der Waals surface area contributed by atoms with Crippen LogP contribution in [0.2, 0.25) is 0 Å². The number of thiophene rings is 1. The zero-order valence-corrected chi connectivity index (χ0v) is 15.7. The number of nitrogens with one attached hydrogen (secondary N) is 1. The summed E-state index contributed by atoms with van der Waals surface area (Å²) in [6.07, 6.45) is 0.132. The molecular weight excluding hydrogens is 376 g/mol. The highest BCUT2D eigenvalue weighted by molar-refractivity contribution is 7.12. The highest BCUT2D eigenvalue weighted by atomic mass is 32.1. The molecule has 0 bridgehead atoms. The van der Waals surface area contributed by atoms with Crippen LogP contribution >= 0.6 is 11.3 Å². The quantitative estimate of drug-likeness (QED) is 0.572. The van der Waals surface area contributed by atoms with Gasteiger partial charge in [0.05, 0.1) is 23.5 Å². The molecule has 0 atom stereocenters. The highest BCUT2D eigenvalue weighted by Gasteiger charge is 2.18. The molecule has 0 unspecified atom stereocenters. The number of carbonyl (C=O) groups excluding carboxylic acids is 3. The summed E-state index contributed by atoms with van der Waals surface area (Å²) in [7, 11) is 0. The third-order valence-electron chi connectivity index (χ3n) is 3.89. The van der Waals surface area contributed by atoms with E-state index < -0.39 is 5.91 Å². The number of amides is 2. The fraction of sp³-hybridized carbons (Fsp3) is 0.0952. The van der Waals surface area contributed by atoms with E-state index in [0.29, 0.717) is 27.4 Å². The molecule has 2 aromatic carbocycles. The average molecular weight is 394 g/mol. The fourth-order valence-electron chi connectivity index (χ4n) is 2.52. The Hall–Kier alpha value is -3.45. The lowest BCUT2D eigenvalue weighted by Crippen LogP contribution is -2.16. The summed E-state index contributed by atoms with van der Waals surface area (Å²) < 4.78 is 5.40. The van der Waals surface area contributed by atoms with Crippen molar-refractivity contribution in [1.29, 1.82) is 0 Å². The van der Waals surface area contributed by atoms with Crippen LogP contribution in [0.15, 0.2) is 66.0 Å². The van der Waals surface area contributed by atoms with Crippen molar-refractivity contribution in [3.05, 3.63) is 82.0 Å². The molecule has 0 aliphatic rings. The van der Waals surface area contributed by atoms with Gasteiger partial charge in [0, 0.05) is 11.3 Å². The van der Waals surface area contributed by atoms with Gasteiger partial charge >= 0.3 is 0 Å². The Morgan fingerprint density at radius 1 is 0.929 bits per heavy atom. The van der Waals surface area contributed by atoms with Gasteiger partial charge in [-0.15, -0.1) is 11.3 Å². The van der Waals surface area contributed by atoms with Gasteiger partial charge in [-0.3, -0.25) is 14.4 Å². The topological polar surface area (TPSA) is 98.5 Å². The number of hydrogen-bond donors (Lipinski definition) is 2. The molecule has 0 radical (unpaired) electrons. The normalized spacial score (nSPS) is 10.3. The Kier molecular flexibility index (Phi) is 6.18. The molecule has 3 N–H and O–H groups in total. The lowest BCUT2D eigenvalue weighted by molar-refractivity contribution is -0.118. The number of carbonyl (C=O) groups is 3. The van der Waals surface area contributed by atoms with Gasteiger partial charge < -0.3 is 15.8 Å². The first-order valence-electron chi connectivity index (χ1n) is 8.54. The molecule has 0 spiro atoms. The number of anilines is 1. The molecular formula is C21H18N2O4S. The van der Waals surface area contributed by atoms with Crippen LogP contribution in [0.3, 0.4) is 0 Å². The minimum absolute atomic E-state index is 0.132. The van der Waals surface area contributed by atoms with E-state index in [2.05, 4.69) is 5.32 Å². The Morgan fingerprint density at radius 3 is 2.29 bits per heavy atom. The molecule has 3 rings (SSSR count). The number of ether oxygens (including phenoxy) is 1. The molecule has 0 aliphatic heterocycles. The van der Waals surface area contributed by atoms with E-state index in [4.69, 9.17) is 10.5 Å². The van der Waals surface area contributed by atoms with Crippen LogP contribution < -0.4 is 15.8 Å². The molecule has 1 aromatic heterocycles. The fourth-order valence-corrected chi connectivity index (χ4v) is 3.20. The molecule has 0 saturated carbocycles. The van der Waals surface area contributed by atoms with Crippen molar-refractivity contribution in [3.63, 3.8) is 0 Å². The second kappa shape index (κ2) is 8.96. The van der Waals surface area contributed by atoms with Crippen molar-refractivity contribution in [3.8, 4) is 5.75 Å². The third kappa shape index (κ3) is 4.83. The number of benzene rings is 2. The second-order valence-electron chi connectivity index (χ2n) is 5.90. The molecule has 2 amide bonds. The zero-order chi connectivity index (χ0) is 19.9. The van der Waals surface area contributed by atoms with Crippen molar-refractivity contribution in [1.82, 2.24) is 0 Å². The second-order valence-corrected chi connectivity index (χ2v) is 6.84. The molecule has 1 heterocycles. The standard InChI is InChI=1S/C21H18N2O4S/c22-19(24)11-12-27-15-9-7-14(8-10-15)23-21(26)17-5-2-1-4-16(17)20(25)18-6-3-13-28-18/h1-10,13H,11-12H2,(H2,22,24)(H,23,26). The third-order valence-corrected chi connectivity index (χ3v) is 4.76. The minimum atomic E-state index is -0.431. The summed E-state index contributed by atoms with van der Waals surface area (Å²) in [4.78, 5) is 36.7. The summed E-state index contributed by atoms with van der Waals surface area (Å²) in [5.74, 6) is -0.422. The van der Waals surface area contributed by atoms with Gasteiger partial charge in [0.2, 0.25) is 11.7 Å². The van der Waals surface area contributed by atoms with Gasteiger partial charge in [-0.1, -0.05) is 24.3 Å². The number of rotatable bonds is 8. The molecule has 0 aliphatic carbocycles. The van der Waals surface area contributed by atoms with Gasteiger partial charge in [0.1, 0.15) is 5.75 Å². The largest absolute Gasteiger partial charge is 0.493 e. The monoisotopic (exact) mass is 394 g/mol. The van der Waals surface area contributed by atoms with Gasteiger partial charge in [-0.25, -0.2) is 0 Å². The first-order valence-corrected chi connectivity index (χ1v) is 9.42. The van der Waals surface area contributed by atoms with E-state index in [-0.39, 0.29) is 24.7 Å². The van der Waals surface area contributed by atoms with Crippen LogP contribution in [0, 0.1) is 0 Å². The van der Waals surface area contributed by atoms with Crippen LogP contribution in [-0.2, 0) is 4.79 Å². The van der Waals surface area contributed by atoms with Gasteiger partial charge in [0.25, 0.3) is 5.91 Å². The van der Waals surface area contributed by atoms with Crippen molar-refractivity contribution in [2.75, 3.05) is 11.9 Å². The van der Waals surface area contributed by atoms with Crippen LogP contribution in [0.25, 0.3) is 0 Å². The van der Waals surface area contributed by atoms with E-state index in [1.807, 2.05) is 5.38 Å². The summed E-state index contributed by atoms with van der Waals surface area (Å²) in [5, 5.41) is 4.61. The molecule has 0 fully saturated rings. The molecule has 142 valence electrons. The predicted octanol–water partition coefficient (Wildman–Crippen LogP) is 3.49. The predicted molar refractivity (Wildman–Crippen MR) is 108 cm³/mol. The summed E-state index contributed by atoms with van der Waals surface area (Å²) in [5.41, 5.74) is 6.29. The van der Waals surface area contributed by atoms with Crippen molar-refractivity contribution >= 4 is 34.6 Å². The maximum absolute atomic E-state index is 12.7. The Balaban J connectivity index is 1.70. The maximum Gasteiger partial charge on any atom is 0.256 e. The van der Waals surface area contributed by atoms with Crippen LogP contribution in [0.5, 0.6) is 5.75 Å². The molecule has 6 nitrogen and oxygen atoms in total. The summed E-state index contributed by atoms with van der Waals surface area (Å²) >= 11 is 1.34. The van der Waals surface area contributed by atoms with E-state index in [1.54, 1.807) is 60.7 Å². The summed E-state index contributed by atoms with van der Waals surface area (Å²) in [6.45, 7) is 0.194. The lowest BCUT2D eigenvalue weighted by atomic mass is 10.0. The van der Waals surface area contributed by atoms with Crippen LogP contribution in [0.4, 0.5) is 5.69 Å². The van der Waals surface area contributed by atoms with Gasteiger partial charge in [0.15, 0.2) is 0 Å². The highest BCUT2D eigenvalue weighted by Crippen LogP contribution is 2.21. The van der Waals surface area contributed by atoms with Crippen LogP contribution in [-0.4, -0.2) is 24.2 Å². The van der Waals surface area contributed by atoms with Crippen molar-refractivity contribution in [2.24, 2.45) is 5.73 Å². The minimum Gasteiger partial charge on any atom is -0.493 e. The number of nitrogens with two attached hydrogens (primary N) is 1. The number of primary amides is 1. The molecule has 28 heavy (non-hydrogen) atoms. The van der Waals surface area contributed by atoms with Crippen LogP contribution in [0.1, 0.15) is 32.0 Å². The first-order chi connectivity index (χ1) is 13.5. The Bertz CT molecular complexity index is 982. The number of hydrogen-bond acceptors (Lipinski definition) is 5. The molecule has 7 heteroatoms. The van der Waals surface area contributed by atoms with Gasteiger partial charge in [-0.2, -0.15) is 0 Å². The van der Waals surface area contributed by atoms with E-state index in [0.717, 1.165) is 0 Å². The lowest BCUT2D eigenvalue weighted by Gasteiger charge is -2.10. The van der Waals surface area contributed by atoms with Gasteiger partial charge in [-0.05, 0) is 41.8 Å². The smallest absolute Gasteiger partial charge is 0.256 e. The summed E-state index contributed by atoms with van der Waals surface area (Å²) in [6, 6.07) is 17.0. The SMILES string of the molecule is NC(=O)CCOc1ccc(NC(=O)c2ccccc2C(=O)c2cccs2)cc1. The molecule has 3 aromatic rings. The van der Waals surface area contributed by atoms with Crippen molar-refractivity contribution < 1.29 is 19.1 Å². The maximum atomic E-state index is 12.7. The van der Waals surface area contributed by atoms with Crippen molar-refractivity contribution in [2.45, 2.75) is 6.42 Å². The number of ketones is 1. The Labute approximate surface area is 165 Å². The molecule has 0 saturated heterocycles. The first kappa shape index (κ1) is 19.3. The zero-order valence-electron chi connectivity index (χ0n) is 14.9. The Morgan fingerprint density at radius 2 is 1.64 bits per heavy atom. The van der Waals surface area contributed by atoms with E-state index in [9.17, 15) is 14.4 Å². The van der Waals surface area contributed by atoms with E-state index in [1.165, 1.54) is 11.3 Å².